The summed E-state index contributed by atoms with van der Waals surface area (Å²) < 4.78 is 0. The normalized spacial score (nSPS) is 19.0. The number of rotatable bonds is 6. The third-order valence-corrected chi connectivity index (χ3v) is 3.95. The molecule has 0 spiro atoms. The lowest BCUT2D eigenvalue weighted by Crippen LogP contribution is -2.43. The number of aliphatic hydroxyl groups excluding tert-OH is 1. The molecule has 0 bridgehead atoms. The van der Waals surface area contributed by atoms with Crippen molar-refractivity contribution in [3.63, 3.8) is 0 Å². The lowest BCUT2D eigenvalue weighted by atomic mass is 10.1. The molecule has 1 aromatic carbocycles. The zero-order chi connectivity index (χ0) is 15.1. The summed E-state index contributed by atoms with van der Waals surface area (Å²) in [6, 6.07) is 9.45. The molecule has 2 rings (SSSR count). The van der Waals surface area contributed by atoms with Crippen LogP contribution in [0.2, 0.25) is 0 Å². The van der Waals surface area contributed by atoms with Crippen LogP contribution in [0.4, 0.5) is 0 Å². The lowest BCUT2D eigenvalue weighted by Gasteiger charge is -2.29. The van der Waals surface area contributed by atoms with Gasteiger partial charge in [0.15, 0.2) is 0 Å². The molecule has 2 atom stereocenters. The van der Waals surface area contributed by atoms with E-state index in [4.69, 9.17) is 0 Å². The number of benzene rings is 1. The highest BCUT2D eigenvalue weighted by Crippen LogP contribution is 2.15. The first-order chi connectivity index (χ1) is 10.1. The minimum atomic E-state index is -0.728. The molecule has 1 heterocycles. The van der Waals surface area contributed by atoms with Crippen LogP contribution in [0.1, 0.15) is 44.3 Å². The Bertz CT molecular complexity index is 430. The Morgan fingerprint density at radius 3 is 2.57 bits per heavy atom. The van der Waals surface area contributed by atoms with Crippen molar-refractivity contribution in [1.29, 1.82) is 0 Å². The molecule has 1 amide bonds. The summed E-state index contributed by atoms with van der Waals surface area (Å²) in [5.41, 5.74) is 0.788. The molecule has 2 unspecified atom stereocenters. The van der Waals surface area contributed by atoms with Crippen LogP contribution < -0.4 is 5.32 Å². The van der Waals surface area contributed by atoms with Crippen molar-refractivity contribution in [2.45, 2.75) is 44.8 Å². The molecule has 4 heteroatoms. The number of carbonyl (C=O) groups excluding carboxylic acids is 1. The number of nitrogens with one attached hydrogen (secondary N) is 1. The molecule has 0 saturated carbocycles. The summed E-state index contributed by atoms with van der Waals surface area (Å²) in [5.74, 6) is -0.0872. The van der Waals surface area contributed by atoms with Gasteiger partial charge in [0.05, 0.1) is 12.5 Å². The van der Waals surface area contributed by atoms with Gasteiger partial charge in [-0.05, 0) is 38.4 Å². The van der Waals surface area contributed by atoms with Gasteiger partial charge in [-0.3, -0.25) is 4.79 Å². The Morgan fingerprint density at radius 1 is 1.24 bits per heavy atom. The third-order valence-electron chi connectivity index (χ3n) is 3.95. The number of hydrogen-bond donors (Lipinski definition) is 2. The SMILES string of the molecule is CC(CN1CCCCC1)NC(=O)CC(O)c1ccccc1. The minimum absolute atomic E-state index is 0.0872. The molecule has 2 N–H and O–H groups in total. The largest absolute Gasteiger partial charge is 0.388 e. The van der Waals surface area contributed by atoms with Crippen molar-refractivity contribution < 1.29 is 9.90 Å². The highest BCUT2D eigenvalue weighted by Gasteiger charge is 2.17. The molecule has 4 nitrogen and oxygen atoms in total. The second-order valence-corrected chi connectivity index (χ2v) is 5.96. The second-order valence-electron chi connectivity index (χ2n) is 5.96. The Labute approximate surface area is 127 Å². The maximum atomic E-state index is 12.0. The number of nitrogens with zero attached hydrogens (tertiary/aromatic N) is 1. The quantitative estimate of drug-likeness (QED) is 0.843. The molecule has 1 aromatic rings. The summed E-state index contributed by atoms with van der Waals surface area (Å²) in [6.45, 7) is 5.19. The molecule has 0 radical (unpaired) electrons. The molecule has 0 aromatic heterocycles. The topological polar surface area (TPSA) is 52.6 Å². The van der Waals surface area contributed by atoms with Crippen molar-refractivity contribution in [1.82, 2.24) is 10.2 Å². The van der Waals surface area contributed by atoms with E-state index in [1.165, 1.54) is 19.3 Å². The summed E-state index contributed by atoms with van der Waals surface area (Å²) in [7, 11) is 0. The smallest absolute Gasteiger partial charge is 0.223 e. The Balaban J connectivity index is 1.73. The third kappa shape index (κ3) is 5.48. The van der Waals surface area contributed by atoms with Crippen LogP contribution in [0.3, 0.4) is 0 Å². The van der Waals surface area contributed by atoms with Crippen molar-refractivity contribution in [3.05, 3.63) is 35.9 Å². The molecular formula is C17H26N2O2. The molecule has 0 aliphatic carbocycles. The van der Waals surface area contributed by atoms with E-state index >= 15 is 0 Å². The summed E-state index contributed by atoms with van der Waals surface area (Å²) in [4.78, 5) is 14.4. The van der Waals surface area contributed by atoms with Crippen molar-refractivity contribution >= 4 is 5.91 Å². The van der Waals surface area contributed by atoms with Crippen LogP contribution in [0.25, 0.3) is 0 Å². The second kappa shape index (κ2) is 8.15. The fourth-order valence-electron chi connectivity index (χ4n) is 2.88. The van der Waals surface area contributed by atoms with Crippen LogP contribution in [0.5, 0.6) is 0 Å². The Morgan fingerprint density at radius 2 is 1.90 bits per heavy atom. The van der Waals surface area contributed by atoms with Gasteiger partial charge in [-0.15, -0.1) is 0 Å². The average Bonchev–Trinajstić information content (AvgIpc) is 2.48. The van der Waals surface area contributed by atoms with Crippen LogP contribution in [-0.2, 0) is 4.79 Å². The first-order valence-electron chi connectivity index (χ1n) is 7.90. The summed E-state index contributed by atoms with van der Waals surface area (Å²) in [6.07, 6.45) is 3.23. The average molecular weight is 290 g/mol. The van der Waals surface area contributed by atoms with Gasteiger partial charge in [-0.2, -0.15) is 0 Å². The lowest BCUT2D eigenvalue weighted by molar-refractivity contribution is -0.123. The van der Waals surface area contributed by atoms with E-state index in [9.17, 15) is 9.90 Å². The number of carbonyl (C=O) groups is 1. The van der Waals surface area contributed by atoms with Gasteiger partial charge >= 0.3 is 0 Å². The van der Waals surface area contributed by atoms with Crippen molar-refractivity contribution in [2.24, 2.45) is 0 Å². The molecule has 1 fully saturated rings. The molecule has 1 aliphatic heterocycles. The van der Waals surface area contributed by atoms with Gasteiger partial charge in [0.2, 0.25) is 5.91 Å². The fraction of sp³-hybridized carbons (Fsp3) is 0.588. The van der Waals surface area contributed by atoms with Gasteiger partial charge in [-0.1, -0.05) is 36.8 Å². The predicted octanol–water partition coefficient (Wildman–Crippen LogP) is 2.10. The number of likely N-dealkylation sites (tertiary alicyclic amines) is 1. The van der Waals surface area contributed by atoms with E-state index < -0.39 is 6.10 Å². The Hall–Kier alpha value is -1.39. The highest BCUT2D eigenvalue weighted by molar-refractivity contribution is 5.76. The monoisotopic (exact) mass is 290 g/mol. The number of amides is 1. The number of aliphatic hydroxyl groups is 1. The first-order valence-corrected chi connectivity index (χ1v) is 7.90. The van der Waals surface area contributed by atoms with E-state index in [1.807, 2.05) is 37.3 Å². The minimum Gasteiger partial charge on any atom is -0.388 e. The Kier molecular flexibility index (Phi) is 6.21. The molecule has 21 heavy (non-hydrogen) atoms. The van der Waals surface area contributed by atoms with Crippen LogP contribution in [-0.4, -0.2) is 41.6 Å². The zero-order valence-corrected chi connectivity index (χ0v) is 12.8. The van der Waals surface area contributed by atoms with Crippen molar-refractivity contribution in [3.8, 4) is 0 Å². The standard InChI is InChI=1S/C17H26N2O2/c1-14(13-19-10-6-3-7-11-19)18-17(21)12-16(20)15-8-4-2-5-9-15/h2,4-5,8-9,14,16,20H,3,6-7,10-13H2,1H3,(H,18,21). The van der Waals surface area contributed by atoms with E-state index in [0.29, 0.717) is 0 Å². The van der Waals surface area contributed by atoms with Gasteiger partial charge in [0.1, 0.15) is 0 Å². The summed E-state index contributed by atoms with van der Waals surface area (Å²) in [5, 5.41) is 13.0. The highest BCUT2D eigenvalue weighted by atomic mass is 16.3. The maximum Gasteiger partial charge on any atom is 0.223 e. The van der Waals surface area contributed by atoms with Crippen LogP contribution >= 0.6 is 0 Å². The van der Waals surface area contributed by atoms with Crippen LogP contribution in [0, 0.1) is 0 Å². The zero-order valence-electron chi connectivity index (χ0n) is 12.8. The number of piperidine rings is 1. The molecule has 1 aliphatic rings. The van der Waals surface area contributed by atoms with Gasteiger partial charge < -0.3 is 15.3 Å². The van der Waals surface area contributed by atoms with Gasteiger partial charge in [-0.25, -0.2) is 0 Å². The predicted molar refractivity (Wildman–Crippen MR) is 83.9 cm³/mol. The van der Waals surface area contributed by atoms with E-state index in [-0.39, 0.29) is 18.4 Å². The van der Waals surface area contributed by atoms with E-state index in [1.54, 1.807) is 0 Å². The van der Waals surface area contributed by atoms with E-state index in [2.05, 4.69) is 10.2 Å². The summed E-state index contributed by atoms with van der Waals surface area (Å²) >= 11 is 0. The van der Waals surface area contributed by atoms with Gasteiger partial charge in [0.25, 0.3) is 0 Å². The number of hydrogen-bond acceptors (Lipinski definition) is 3. The van der Waals surface area contributed by atoms with Crippen molar-refractivity contribution in [2.75, 3.05) is 19.6 Å². The fourth-order valence-corrected chi connectivity index (χ4v) is 2.88. The van der Waals surface area contributed by atoms with Crippen LogP contribution in [0.15, 0.2) is 30.3 Å². The van der Waals surface area contributed by atoms with E-state index in [0.717, 1.165) is 25.2 Å². The molecule has 1 saturated heterocycles. The maximum absolute atomic E-state index is 12.0. The van der Waals surface area contributed by atoms with Gasteiger partial charge in [0, 0.05) is 12.6 Å². The molecular weight excluding hydrogens is 264 g/mol. The first kappa shape index (κ1) is 16.0. The molecule has 116 valence electrons.